The first-order valence-electron chi connectivity index (χ1n) is 11.1. The van der Waals surface area contributed by atoms with Crippen LogP contribution in [0, 0.1) is 17.5 Å². The summed E-state index contributed by atoms with van der Waals surface area (Å²) < 4.78 is 46.4. The van der Waals surface area contributed by atoms with Crippen molar-refractivity contribution in [2.24, 2.45) is 0 Å². The van der Waals surface area contributed by atoms with Crippen LogP contribution < -0.4 is 10.6 Å². The summed E-state index contributed by atoms with van der Waals surface area (Å²) in [6.45, 7) is 7.71. The normalized spacial score (nSPS) is 12.3. The summed E-state index contributed by atoms with van der Waals surface area (Å²) in [5.74, 6) is -4.26. The van der Waals surface area contributed by atoms with Gasteiger partial charge in [-0.15, -0.1) is 0 Å². The van der Waals surface area contributed by atoms with Crippen LogP contribution in [0.1, 0.15) is 46.1 Å². The van der Waals surface area contributed by atoms with Gasteiger partial charge >= 0.3 is 12.1 Å². The van der Waals surface area contributed by atoms with E-state index < -0.39 is 53.5 Å². The minimum Gasteiger partial charge on any atom is -0.444 e. The van der Waals surface area contributed by atoms with Crippen LogP contribution in [0.2, 0.25) is 0 Å². The van der Waals surface area contributed by atoms with Crippen LogP contribution in [-0.2, 0) is 16.0 Å². The monoisotopic (exact) mass is 488 g/mol. The maximum absolute atomic E-state index is 14.2. The maximum Gasteiger partial charge on any atom is 0.407 e. The van der Waals surface area contributed by atoms with E-state index in [-0.39, 0.29) is 18.5 Å². The Hall–Kier alpha value is -2.82. The van der Waals surface area contributed by atoms with Gasteiger partial charge in [0.1, 0.15) is 11.4 Å². The van der Waals surface area contributed by atoms with Gasteiger partial charge in [-0.2, -0.15) is 0 Å². The lowest BCUT2D eigenvalue weighted by Crippen LogP contribution is -2.48. The third-order valence-electron chi connectivity index (χ3n) is 4.62. The van der Waals surface area contributed by atoms with Gasteiger partial charge in [0.15, 0.2) is 11.6 Å². The summed E-state index contributed by atoms with van der Waals surface area (Å²) in [5.41, 5.74) is -1.07. The summed E-state index contributed by atoms with van der Waals surface area (Å²) in [7, 11) is 3.80. The Morgan fingerprint density at radius 3 is 2.24 bits per heavy atom. The van der Waals surface area contributed by atoms with Crippen molar-refractivity contribution in [3.05, 3.63) is 35.1 Å². The number of benzene rings is 1. The van der Waals surface area contributed by atoms with Crippen molar-refractivity contribution in [1.29, 1.82) is 0 Å². The molecular formula is C23H35F3N4O4. The number of carbonyl (C=O) groups excluding carboxylic acids is 3. The number of halogens is 3. The molecule has 1 rings (SSSR count). The lowest BCUT2D eigenvalue weighted by Gasteiger charge is -2.26. The molecule has 11 heteroatoms. The fourth-order valence-electron chi connectivity index (χ4n) is 3.07. The van der Waals surface area contributed by atoms with Gasteiger partial charge in [-0.25, -0.2) is 22.8 Å². The minimum atomic E-state index is -1.35. The average Bonchev–Trinajstić information content (AvgIpc) is 2.68. The van der Waals surface area contributed by atoms with E-state index in [2.05, 4.69) is 10.6 Å². The van der Waals surface area contributed by atoms with E-state index in [0.29, 0.717) is 25.1 Å². The number of nitrogens with zero attached hydrogens (tertiary/aromatic N) is 2. The largest absolute Gasteiger partial charge is 0.444 e. The lowest BCUT2D eigenvalue weighted by atomic mass is 10.0. The molecule has 34 heavy (non-hydrogen) atoms. The molecule has 1 aromatic carbocycles. The molecule has 0 aliphatic rings. The Morgan fingerprint density at radius 2 is 1.68 bits per heavy atom. The lowest BCUT2D eigenvalue weighted by molar-refractivity contribution is -0.128. The topological polar surface area (TPSA) is 91.0 Å². The molecule has 2 N–H and O–H groups in total. The predicted octanol–water partition coefficient (Wildman–Crippen LogP) is 3.44. The summed E-state index contributed by atoms with van der Waals surface area (Å²) in [6, 6.07) is -0.566. The van der Waals surface area contributed by atoms with E-state index in [0.717, 1.165) is 11.4 Å². The number of rotatable bonds is 10. The Bertz CT molecular complexity index is 859. The predicted molar refractivity (Wildman–Crippen MR) is 122 cm³/mol. The molecular weight excluding hydrogens is 453 g/mol. The molecule has 0 unspecified atom stereocenters. The van der Waals surface area contributed by atoms with Crippen molar-refractivity contribution in [3.63, 3.8) is 0 Å². The highest BCUT2D eigenvalue weighted by atomic mass is 19.2. The number of hydrogen-bond donors (Lipinski definition) is 2. The van der Waals surface area contributed by atoms with Crippen molar-refractivity contribution in [3.8, 4) is 0 Å². The third kappa shape index (κ3) is 10.4. The van der Waals surface area contributed by atoms with Gasteiger partial charge in [0.2, 0.25) is 5.91 Å². The number of amides is 4. The fourth-order valence-corrected chi connectivity index (χ4v) is 3.07. The molecule has 0 heterocycles. The summed E-state index contributed by atoms with van der Waals surface area (Å²) in [6.07, 6.45) is -0.903. The molecule has 0 aliphatic heterocycles. The number of imide groups is 1. The minimum absolute atomic E-state index is 0.0665. The van der Waals surface area contributed by atoms with Crippen LogP contribution in [0.3, 0.4) is 0 Å². The number of alkyl carbamates (subject to hydrolysis) is 1. The molecule has 8 nitrogen and oxygen atoms in total. The molecule has 1 aromatic rings. The summed E-state index contributed by atoms with van der Waals surface area (Å²) in [5, 5.41) is 5.13. The molecule has 0 saturated heterocycles. The number of urea groups is 1. The molecule has 0 spiro atoms. The zero-order valence-corrected chi connectivity index (χ0v) is 20.6. The van der Waals surface area contributed by atoms with Gasteiger partial charge in [0, 0.05) is 31.6 Å². The average molecular weight is 489 g/mol. The van der Waals surface area contributed by atoms with E-state index in [1.54, 1.807) is 27.7 Å². The Morgan fingerprint density at radius 1 is 1.06 bits per heavy atom. The van der Waals surface area contributed by atoms with Gasteiger partial charge in [-0.05, 0) is 72.8 Å². The van der Waals surface area contributed by atoms with Gasteiger partial charge in [0.05, 0.1) is 0 Å². The second-order valence-electron chi connectivity index (χ2n) is 9.14. The Balaban J connectivity index is 2.97. The molecule has 0 saturated carbocycles. The first-order chi connectivity index (χ1) is 15.7. The maximum atomic E-state index is 14.2. The summed E-state index contributed by atoms with van der Waals surface area (Å²) >= 11 is 0. The zero-order chi connectivity index (χ0) is 26.1. The van der Waals surface area contributed by atoms with Crippen molar-refractivity contribution < 1.29 is 32.3 Å². The van der Waals surface area contributed by atoms with Gasteiger partial charge in [0.25, 0.3) is 0 Å². The quantitative estimate of drug-likeness (QED) is 0.389. The second kappa shape index (κ2) is 13.2. The van der Waals surface area contributed by atoms with Crippen molar-refractivity contribution in [2.75, 3.05) is 33.7 Å². The summed E-state index contributed by atoms with van der Waals surface area (Å²) in [4.78, 5) is 40.5. The first kappa shape index (κ1) is 29.2. The van der Waals surface area contributed by atoms with Gasteiger partial charge < -0.3 is 20.3 Å². The van der Waals surface area contributed by atoms with Crippen LogP contribution in [0.15, 0.2) is 12.1 Å². The van der Waals surface area contributed by atoms with Crippen LogP contribution in [-0.4, -0.2) is 73.2 Å². The molecule has 1 atom stereocenters. The van der Waals surface area contributed by atoms with Gasteiger partial charge in [-0.3, -0.25) is 9.69 Å². The molecule has 0 aliphatic carbocycles. The number of carbonyl (C=O) groups is 3. The molecule has 0 fully saturated rings. The van der Waals surface area contributed by atoms with Gasteiger partial charge in [-0.1, -0.05) is 0 Å². The molecule has 0 radical (unpaired) electrons. The SMILES string of the molecule is CCN(C(=O)C[C@@H](Cc1cc(F)c(F)cc1F)NC(=O)OC(C)(C)C)C(=O)NCCCN(C)C. The fraction of sp³-hybridized carbons (Fsp3) is 0.609. The number of nitrogens with one attached hydrogen (secondary N) is 2. The number of ether oxygens (including phenoxy) is 1. The highest BCUT2D eigenvalue weighted by Gasteiger charge is 2.27. The van der Waals surface area contributed by atoms with Crippen molar-refractivity contribution in [2.45, 2.75) is 58.6 Å². The van der Waals surface area contributed by atoms with Crippen molar-refractivity contribution in [1.82, 2.24) is 20.4 Å². The van der Waals surface area contributed by atoms with E-state index in [1.165, 1.54) is 0 Å². The van der Waals surface area contributed by atoms with Crippen LogP contribution in [0.25, 0.3) is 0 Å². The first-order valence-corrected chi connectivity index (χ1v) is 11.1. The molecule has 0 bridgehead atoms. The van der Waals surface area contributed by atoms with Crippen LogP contribution in [0.5, 0.6) is 0 Å². The highest BCUT2D eigenvalue weighted by molar-refractivity contribution is 5.94. The highest BCUT2D eigenvalue weighted by Crippen LogP contribution is 2.17. The molecule has 4 amide bonds. The smallest absolute Gasteiger partial charge is 0.407 e. The number of hydrogen-bond acceptors (Lipinski definition) is 5. The van der Waals surface area contributed by atoms with Crippen molar-refractivity contribution >= 4 is 18.0 Å². The zero-order valence-electron chi connectivity index (χ0n) is 20.6. The Labute approximate surface area is 198 Å². The molecule has 192 valence electrons. The van der Waals surface area contributed by atoms with E-state index in [1.807, 2.05) is 19.0 Å². The van der Waals surface area contributed by atoms with Crippen LogP contribution in [0.4, 0.5) is 22.8 Å². The van der Waals surface area contributed by atoms with E-state index in [9.17, 15) is 27.6 Å². The third-order valence-corrected chi connectivity index (χ3v) is 4.62. The van der Waals surface area contributed by atoms with E-state index in [4.69, 9.17) is 4.74 Å². The molecule has 0 aromatic heterocycles. The standard InChI is InChI=1S/C23H35F3N4O4/c1-7-30(21(32)27-9-8-10-29(5)6)20(31)13-16(28-22(33)34-23(2,3)4)11-15-12-18(25)19(26)14-17(15)24/h12,14,16H,7-11,13H2,1-6H3,(H,27,32)(H,28,33)/t16-/m1/s1. The Kier molecular flexibility index (Phi) is 11.3. The van der Waals surface area contributed by atoms with E-state index >= 15 is 0 Å². The van der Waals surface area contributed by atoms with Crippen LogP contribution >= 0.6 is 0 Å². The second-order valence-corrected chi connectivity index (χ2v) is 9.14.